The van der Waals surface area contributed by atoms with Crippen molar-refractivity contribution in [2.45, 2.75) is 26.3 Å². The maximum atomic E-state index is 9.54. The van der Waals surface area contributed by atoms with Crippen LogP contribution < -0.4 is 15.2 Å². The lowest BCUT2D eigenvalue weighted by molar-refractivity contribution is 0.364. The fourth-order valence-corrected chi connectivity index (χ4v) is 1.92. The number of hydrogen-bond donors (Lipinski definition) is 2. The van der Waals surface area contributed by atoms with Crippen LogP contribution in [0.5, 0.6) is 17.2 Å². The van der Waals surface area contributed by atoms with Gasteiger partial charge in [-0.05, 0) is 12.3 Å². The first kappa shape index (κ1) is 16.9. The Labute approximate surface area is 115 Å². The van der Waals surface area contributed by atoms with E-state index in [4.69, 9.17) is 15.2 Å². The van der Waals surface area contributed by atoms with Crippen molar-refractivity contribution >= 4 is 12.4 Å². The van der Waals surface area contributed by atoms with Crippen LogP contribution in [0.15, 0.2) is 12.1 Å². The van der Waals surface area contributed by atoms with Crippen molar-refractivity contribution in [1.82, 2.24) is 0 Å². The molecule has 1 atom stereocenters. The summed E-state index contributed by atoms with van der Waals surface area (Å²) < 4.78 is 10.5. The van der Waals surface area contributed by atoms with E-state index in [1.54, 1.807) is 26.4 Å². The Balaban J connectivity index is 0.00000289. The number of benzene rings is 1. The highest BCUT2D eigenvalue weighted by Crippen LogP contribution is 2.38. The number of nitrogens with two attached hydrogens (primary N) is 1. The van der Waals surface area contributed by atoms with Gasteiger partial charge < -0.3 is 20.3 Å². The molecule has 0 fully saturated rings. The smallest absolute Gasteiger partial charge is 0.131 e. The summed E-state index contributed by atoms with van der Waals surface area (Å²) in [6, 6.07) is 2.94. The van der Waals surface area contributed by atoms with Crippen molar-refractivity contribution < 1.29 is 14.6 Å². The van der Waals surface area contributed by atoms with Crippen LogP contribution in [0.1, 0.15) is 31.9 Å². The van der Waals surface area contributed by atoms with Gasteiger partial charge in [-0.1, -0.05) is 13.8 Å². The minimum Gasteiger partial charge on any atom is -0.508 e. The van der Waals surface area contributed by atoms with Gasteiger partial charge in [-0.25, -0.2) is 0 Å². The van der Waals surface area contributed by atoms with Crippen LogP contribution in [0.4, 0.5) is 0 Å². The molecule has 0 heterocycles. The number of halogens is 1. The average Bonchev–Trinajstić information content (AvgIpc) is 2.26. The molecule has 1 rings (SSSR count). The van der Waals surface area contributed by atoms with E-state index in [1.165, 1.54) is 0 Å². The van der Waals surface area contributed by atoms with Crippen LogP contribution in [0.2, 0.25) is 0 Å². The van der Waals surface area contributed by atoms with E-state index < -0.39 is 0 Å². The Kier molecular flexibility index (Phi) is 6.88. The van der Waals surface area contributed by atoms with E-state index in [9.17, 15) is 5.11 Å². The van der Waals surface area contributed by atoms with Gasteiger partial charge in [0.25, 0.3) is 0 Å². The molecule has 3 N–H and O–H groups in total. The summed E-state index contributed by atoms with van der Waals surface area (Å²) in [5.41, 5.74) is 6.96. The van der Waals surface area contributed by atoms with Gasteiger partial charge in [0.1, 0.15) is 17.2 Å². The monoisotopic (exact) mass is 275 g/mol. The maximum Gasteiger partial charge on any atom is 0.131 e. The summed E-state index contributed by atoms with van der Waals surface area (Å²) in [7, 11) is 3.11. The standard InChI is InChI=1S/C13H21NO3.ClH/c1-8(2)5-10(14)13-11(16-3)6-9(15)7-12(13)17-4;/h6-8,10,15H,5,14H2,1-4H3;1H/t10-;/m1./s1. The number of hydrogen-bond acceptors (Lipinski definition) is 4. The molecular formula is C13H22ClNO3. The Morgan fingerprint density at radius 3 is 1.94 bits per heavy atom. The summed E-state index contributed by atoms with van der Waals surface area (Å²) in [5, 5.41) is 9.54. The number of phenols is 1. The Morgan fingerprint density at radius 1 is 1.17 bits per heavy atom. The number of rotatable bonds is 5. The second-order valence-electron chi connectivity index (χ2n) is 4.50. The third-order valence-electron chi connectivity index (χ3n) is 2.62. The minimum atomic E-state index is -0.166. The van der Waals surface area contributed by atoms with Crippen molar-refractivity contribution in [3.8, 4) is 17.2 Å². The molecule has 1 aromatic rings. The van der Waals surface area contributed by atoms with Crippen LogP contribution in [-0.4, -0.2) is 19.3 Å². The fraction of sp³-hybridized carbons (Fsp3) is 0.538. The first-order chi connectivity index (χ1) is 7.99. The summed E-state index contributed by atoms with van der Waals surface area (Å²) >= 11 is 0. The van der Waals surface area contributed by atoms with E-state index in [0.29, 0.717) is 17.4 Å². The topological polar surface area (TPSA) is 64.7 Å². The molecule has 18 heavy (non-hydrogen) atoms. The largest absolute Gasteiger partial charge is 0.508 e. The molecule has 5 heteroatoms. The van der Waals surface area contributed by atoms with E-state index in [2.05, 4.69) is 13.8 Å². The van der Waals surface area contributed by atoms with Crippen molar-refractivity contribution in [2.24, 2.45) is 11.7 Å². The number of phenolic OH excluding ortho intramolecular Hbond substituents is 1. The van der Waals surface area contributed by atoms with Gasteiger partial charge in [-0.2, -0.15) is 0 Å². The van der Waals surface area contributed by atoms with Gasteiger partial charge in [0.05, 0.1) is 19.8 Å². The van der Waals surface area contributed by atoms with Crippen molar-refractivity contribution in [1.29, 1.82) is 0 Å². The summed E-state index contributed by atoms with van der Waals surface area (Å²) in [4.78, 5) is 0. The molecule has 0 aliphatic rings. The first-order valence-electron chi connectivity index (χ1n) is 5.70. The number of ether oxygens (including phenoxy) is 2. The molecule has 0 aromatic heterocycles. The van der Waals surface area contributed by atoms with Gasteiger partial charge in [0, 0.05) is 18.2 Å². The Morgan fingerprint density at radius 2 is 1.61 bits per heavy atom. The third-order valence-corrected chi connectivity index (χ3v) is 2.62. The molecule has 4 nitrogen and oxygen atoms in total. The molecule has 1 aromatic carbocycles. The van der Waals surface area contributed by atoms with E-state index >= 15 is 0 Å². The number of methoxy groups -OCH3 is 2. The van der Waals surface area contributed by atoms with Crippen molar-refractivity contribution in [3.05, 3.63) is 17.7 Å². The molecule has 0 spiro atoms. The zero-order valence-corrected chi connectivity index (χ0v) is 12.1. The zero-order chi connectivity index (χ0) is 13.0. The highest BCUT2D eigenvalue weighted by atomic mass is 35.5. The van der Waals surface area contributed by atoms with Crippen LogP contribution in [-0.2, 0) is 0 Å². The average molecular weight is 276 g/mol. The van der Waals surface area contributed by atoms with Gasteiger partial charge in [0.2, 0.25) is 0 Å². The maximum absolute atomic E-state index is 9.54. The van der Waals surface area contributed by atoms with E-state index in [1.807, 2.05) is 0 Å². The molecular weight excluding hydrogens is 254 g/mol. The molecule has 0 bridgehead atoms. The predicted molar refractivity (Wildman–Crippen MR) is 74.8 cm³/mol. The minimum absolute atomic E-state index is 0. The zero-order valence-electron chi connectivity index (χ0n) is 11.3. The van der Waals surface area contributed by atoms with Crippen LogP contribution in [0, 0.1) is 5.92 Å². The van der Waals surface area contributed by atoms with Gasteiger partial charge in [-0.3, -0.25) is 0 Å². The lowest BCUT2D eigenvalue weighted by Crippen LogP contribution is -2.15. The predicted octanol–water partition coefficient (Wildman–Crippen LogP) is 2.88. The van der Waals surface area contributed by atoms with Crippen molar-refractivity contribution in [2.75, 3.05) is 14.2 Å². The van der Waals surface area contributed by atoms with Gasteiger partial charge >= 0.3 is 0 Å². The second-order valence-corrected chi connectivity index (χ2v) is 4.50. The van der Waals surface area contributed by atoms with E-state index in [-0.39, 0.29) is 24.2 Å². The molecule has 104 valence electrons. The molecule has 0 amide bonds. The lowest BCUT2D eigenvalue weighted by Gasteiger charge is -2.20. The second kappa shape index (κ2) is 7.34. The van der Waals surface area contributed by atoms with Crippen LogP contribution in [0.3, 0.4) is 0 Å². The third kappa shape index (κ3) is 3.96. The van der Waals surface area contributed by atoms with Crippen LogP contribution in [0.25, 0.3) is 0 Å². The molecule has 0 saturated carbocycles. The molecule has 0 aliphatic heterocycles. The Hall–Kier alpha value is -1.13. The summed E-state index contributed by atoms with van der Waals surface area (Å²) in [5.74, 6) is 1.72. The fourth-order valence-electron chi connectivity index (χ4n) is 1.92. The molecule has 0 unspecified atom stereocenters. The first-order valence-corrected chi connectivity index (χ1v) is 5.70. The summed E-state index contributed by atoms with van der Waals surface area (Å²) in [6.45, 7) is 4.22. The highest BCUT2D eigenvalue weighted by molar-refractivity contribution is 5.85. The molecule has 0 aliphatic carbocycles. The molecule has 0 saturated heterocycles. The van der Waals surface area contributed by atoms with Crippen molar-refractivity contribution in [3.63, 3.8) is 0 Å². The Bertz CT molecular complexity index is 357. The van der Waals surface area contributed by atoms with E-state index in [0.717, 1.165) is 12.0 Å². The lowest BCUT2D eigenvalue weighted by atomic mass is 9.96. The van der Waals surface area contributed by atoms with Crippen LogP contribution >= 0.6 is 12.4 Å². The summed E-state index contributed by atoms with van der Waals surface area (Å²) in [6.07, 6.45) is 0.831. The van der Waals surface area contributed by atoms with Gasteiger partial charge in [-0.15, -0.1) is 12.4 Å². The molecule has 0 radical (unpaired) electrons. The van der Waals surface area contributed by atoms with Gasteiger partial charge in [0.15, 0.2) is 0 Å². The number of aromatic hydroxyl groups is 1. The normalized spacial score (nSPS) is 11.9. The quantitative estimate of drug-likeness (QED) is 0.867. The highest BCUT2D eigenvalue weighted by Gasteiger charge is 2.19. The SMILES string of the molecule is COc1cc(O)cc(OC)c1[C@H](N)CC(C)C.Cl.